The number of aryl methyl sites for hydroxylation is 1. The molecular weight excluding hydrogens is 255 g/mol. The average molecular weight is 266 g/mol. The summed E-state index contributed by atoms with van der Waals surface area (Å²) in [6.45, 7) is 1.94. The molecule has 0 N–H and O–H groups in total. The van der Waals surface area contributed by atoms with Crippen LogP contribution >= 0.6 is 11.6 Å². The van der Waals surface area contributed by atoms with Crippen molar-refractivity contribution in [1.29, 1.82) is 0 Å². The summed E-state index contributed by atoms with van der Waals surface area (Å²) >= 11 is 5.75. The molecule has 7 heteroatoms. The number of aromatic nitrogens is 2. The summed E-state index contributed by atoms with van der Waals surface area (Å²) in [5, 5.41) is 0.253. The van der Waals surface area contributed by atoms with E-state index in [1.165, 1.54) is 6.07 Å². The SMILES string of the molecule is Cc1nc(Cl)cc(N2CCC(C(F)(F)F)C2)n1. The van der Waals surface area contributed by atoms with Crippen molar-refractivity contribution in [2.75, 3.05) is 18.0 Å². The van der Waals surface area contributed by atoms with Crippen LogP contribution in [0.2, 0.25) is 5.15 Å². The van der Waals surface area contributed by atoms with Gasteiger partial charge in [-0.2, -0.15) is 13.2 Å². The van der Waals surface area contributed by atoms with Crippen molar-refractivity contribution in [2.24, 2.45) is 5.92 Å². The second-order valence-corrected chi connectivity index (χ2v) is 4.46. The zero-order valence-corrected chi connectivity index (χ0v) is 9.89. The van der Waals surface area contributed by atoms with Crippen molar-refractivity contribution in [1.82, 2.24) is 9.97 Å². The highest BCUT2D eigenvalue weighted by molar-refractivity contribution is 6.29. The van der Waals surface area contributed by atoms with Crippen LogP contribution in [0.25, 0.3) is 0 Å². The number of hydrogen-bond donors (Lipinski definition) is 0. The van der Waals surface area contributed by atoms with Gasteiger partial charge in [0, 0.05) is 19.2 Å². The molecule has 2 heterocycles. The molecule has 1 fully saturated rings. The maximum atomic E-state index is 12.5. The topological polar surface area (TPSA) is 29.0 Å². The number of anilines is 1. The highest BCUT2D eigenvalue weighted by atomic mass is 35.5. The van der Waals surface area contributed by atoms with E-state index in [9.17, 15) is 13.2 Å². The molecule has 0 aliphatic carbocycles. The molecule has 0 aromatic carbocycles. The zero-order chi connectivity index (χ0) is 12.6. The van der Waals surface area contributed by atoms with Crippen molar-refractivity contribution in [3.05, 3.63) is 17.0 Å². The summed E-state index contributed by atoms with van der Waals surface area (Å²) in [5.41, 5.74) is 0. The molecule has 0 saturated carbocycles. The summed E-state index contributed by atoms with van der Waals surface area (Å²) in [7, 11) is 0. The Bertz CT molecular complexity index is 401. The lowest BCUT2D eigenvalue weighted by Crippen LogP contribution is -2.28. The van der Waals surface area contributed by atoms with Crippen LogP contribution in [0.4, 0.5) is 19.0 Å². The molecule has 0 bridgehead atoms. The van der Waals surface area contributed by atoms with Gasteiger partial charge in [0.1, 0.15) is 16.8 Å². The zero-order valence-electron chi connectivity index (χ0n) is 9.13. The number of nitrogens with zero attached hydrogens (tertiary/aromatic N) is 3. The van der Waals surface area contributed by atoms with Gasteiger partial charge in [0.15, 0.2) is 0 Å². The van der Waals surface area contributed by atoms with Crippen LogP contribution in [0.3, 0.4) is 0 Å². The molecule has 1 aliphatic rings. The van der Waals surface area contributed by atoms with E-state index in [4.69, 9.17) is 11.6 Å². The van der Waals surface area contributed by atoms with Crippen molar-refractivity contribution in [2.45, 2.75) is 19.5 Å². The first-order valence-corrected chi connectivity index (χ1v) is 5.57. The minimum atomic E-state index is -4.14. The Kier molecular flexibility index (Phi) is 3.16. The van der Waals surface area contributed by atoms with Crippen LogP contribution in [0.5, 0.6) is 0 Å². The first-order chi connectivity index (χ1) is 7.86. The first-order valence-electron chi connectivity index (χ1n) is 5.19. The molecule has 94 valence electrons. The molecule has 0 spiro atoms. The lowest BCUT2D eigenvalue weighted by Gasteiger charge is -2.19. The fourth-order valence-corrected chi connectivity index (χ4v) is 2.13. The van der Waals surface area contributed by atoms with Crippen LogP contribution < -0.4 is 4.90 Å². The van der Waals surface area contributed by atoms with Crippen LogP contribution in [-0.2, 0) is 0 Å². The molecule has 2 rings (SSSR count). The summed E-state index contributed by atoms with van der Waals surface area (Å²) in [5.74, 6) is -0.353. The first kappa shape index (κ1) is 12.4. The van der Waals surface area contributed by atoms with E-state index in [0.717, 1.165) is 0 Å². The molecule has 1 saturated heterocycles. The molecule has 1 aromatic heterocycles. The van der Waals surface area contributed by atoms with E-state index in [1.807, 2.05) is 0 Å². The monoisotopic (exact) mass is 265 g/mol. The number of hydrogen-bond acceptors (Lipinski definition) is 3. The Morgan fingerprint density at radius 1 is 1.41 bits per heavy atom. The molecule has 17 heavy (non-hydrogen) atoms. The lowest BCUT2D eigenvalue weighted by atomic mass is 10.1. The van der Waals surface area contributed by atoms with Gasteiger partial charge >= 0.3 is 6.18 Å². The smallest absolute Gasteiger partial charge is 0.356 e. The van der Waals surface area contributed by atoms with Gasteiger partial charge in [-0.05, 0) is 13.3 Å². The van der Waals surface area contributed by atoms with Crippen molar-refractivity contribution >= 4 is 17.4 Å². The van der Waals surface area contributed by atoms with Gasteiger partial charge in [0.05, 0.1) is 5.92 Å². The molecule has 0 amide bonds. The third-order valence-electron chi connectivity index (χ3n) is 2.77. The van der Waals surface area contributed by atoms with Crippen LogP contribution in [-0.4, -0.2) is 29.2 Å². The van der Waals surface area contributed by atoms with E-state index in [1.54, 1.807) is 11.8 Å². The maximum absolute atomic E-state index is 12.5. The van der Waals surface area contributed by atoms with Crippen molar-refractivity contribution < 1.29 is 13.2 Å². The van der Waals surface area contributed by atoms with Gasteiger partial charge in [0.25, 0.3) is 0 Å². The molecule has 1 aliphatic heterocycles. The summed E-state index contributed by atoms with van der Waals surface area (Å²) in [6, 6.07) is 1.49. The van der Waals surface area contributed by atoms with Crippen LogP contribution in [0.1, 0.15) is 12.2 Å². The van der Waals surface area contributed by atoms with E-state index in [-0.39, 0.29) is 18.1 Å². The van der Waals surface area contributed by atoms with Gasteiger partial charge in [-0.3, -0.25) is 0 Å². The van der Waals surface area contributed by atoms with Gasteiger partial charge in [-0.1, -0.05) is 11.6 Å². The van der Waals surface area contributed by atoms with Gasteiger partial charge in [0.2, 0.25) is 0 Å². The van der Waals surface area contributed by atoms with Crippen LogP contribution in [0.15, 0.2) is 6.07 Å². The van der Waals surface area contributed by atoms with E-state index >= 15 is 0 Å². The molecule has 1 aromatic rings. The highest BCUT2D eigenvalue weighted by Crippen LogP contribution is 2.35. The van der Waals surface area contributed by atoms with Gasteiger partial charge in [-0.25, -0.2) is 9.97 Å². The number of alkyl halides is 3. The molecular formula is C10H11ClF3N3. The molecule has 0 radical (unpaired) electrons. The fraction of sp³-hybridized carbons (Fsp3) is 0.600. The van der Waals surface area contributed by atoms with Crippen molar-refractivity contribution in [3.63, 3.8) is 0 Å². The number of rotatable bonds is 1. The largest absolute Gasteiger partial charge is 0.393 e. The quantitative estimate of drug-likeness (QED) is 0.731. The minimum Gasteiger partial charge on any atom is -0.356 e. The third-order valence-corrected chi connectivity index (χ3v) is 2.96. The maximum Gasteiger partial charge on any atom is 0.393 e. The van der Waals surface area contributed by atoms with E-state index < -0.39 is 12.1 Å². The molecule has 1 atom stereocenters. The minimum absolute atomic E-state index is 0.0592. The predicted molar refractivity (Wildman–Crippen MR) is 58.2 cm³/mol. The fourth-order valence-electron chi connectivity index (χ4n) is 1.91. The summed E-state index contributed by atoms with van der Waals surface area (Å²) < 4.78 is 37.6. The second kappa shape index (κ2) is 4.33. The van der Waals surface area contributed by atoms with E-state index in [2.05, 4.69) is 9.97 Å². The standard InChI is InChI=1S/C10H11ClF3N3/c1-6-15-8(11)4-9(16-6)17-3-2-7(5-17)10(12,13)14/h4,7H,2-3,5H2,1H3. The Hall–Kier alpha value is -1.04. The van der Waals surface area contributed by atoms with Gasteiger partial charge in [-0.15, -0.1) is 0 Å². The summed E-state index contributed by atoms with van der Waals surface area (Å²) in [6.07, 6.45) is -4.04. The predicted octanol–water partition coefficient (Wildman–Crippen LogP) is 2.83. The van der Waals surface area contributed by atoms with Crippen molar-refractivity contribution in [3.8, 4) is 0 Å². The van der Waals surface area contributed by atoms with E-state index in [0.29, 0.717) is 18.2 Å². The van der Waals surface area contributed by atoms with Gasteiger partial charge < -0.3 is 4.90 Å². The van der Waals surface area contributed by atoms with Crippen LogP contribution in [0, 0.1) is 12.8 Å². The Balaban J connectivity index is 2.15. The molecule has 3 nitrogen and oxygen atoms in total. The summed E-state index contributed by atoms with van der Waals surface area (Å²) in [4.78, 5) is 9.57. The lowest BCUT2D eigenvalue weighted by molar-refractivity contribution is -0.168. The second-order valence-electron chi connectivity index (χ2n) is 4.07. The Morgan fingerprint density at radius 3 is 2.65 bits per heavy atom. The molecule has 1 unspecified atom stereocenters. The average Bonchev–Trinajstić information content (AvgIpc) is 2.63. The highest BCUT2D eigenvalue weighted by Gasteiger charge is 2.43. The number of halogens is 4. The normalized spacial score (nSPS) is 21.0. The Labute approximate surface area is 102 Å². The Morgan fingerprint density at radius 2 is 2.12 bits per heavy atom. The third kappa shape index (κ3) is 2.80.